The van der Waals surface area contributed by atoms with Gasteiger partial charge in [0.15, 0.2) is 0 Å². The van der Waals surface area contributed by atoms with Crippen LogP contribution in [0.4, 0.5) is 0 Å². The Bertz CT molecular complexity index is 1110. The van der Waals surface area contributed by atoms with Gasteiger partial charge < -0.3 is 10.1 Å². The number of likely N-dealkylation sites (tertiary alicyclic amines) is 1. The molecular formula is C24H30N4O4S. The van der Waals surface area contributed by atoms with Crippen molar-refractivity contribution in [1.29, 1.82) is 0 Å². The number of benzene rings is 2. The van der Waals surface area contributed by atoms with E-state index in [1.165, 1.54) is 6.42 Å². The molecular weight excluding hydrogens is 440 g/mol. The molecule has 2 heterocycles. The van der Waals surface area contributed by atoms with E-state index in [4.69, 9.17) is 4.74 Å². The van der Waals surface area contributed by atoms with Gasteiger partial charge in [0.25, 0.3) is 10.0 Å². The molecule has 0 aromatic heterocycles. The summed E-state index contributed by atoms with van der Waals surface area (Å²) in [6.07, 6.45) is 3.75. The first-order valence-corrected chi connectivity index (χ1v) is 12.8. The van der Waals surface area contributed by atoms with Gasteiger partial charge in [-0.15, -0.1) is 0 Å². The standard InChI is InChI=1S/C24H30N4O4S/c1-32-19-11-9-18(10-12-19)21(28-15-5-2-6-16-28)17-26-23(29)13-14-25-24-20-7-3-4-8-22(20)33(30,31)27-24/h3-4,7-12,21H,2,5-6,13-17H2,1H3,(H,25,27)(H,26,29)/t21-/m0/s1. The Kier molecular flexibility index (Phi) is 7.29. The summed E-state index contributed by atoms with van der Waals surface area (Å²) in [5.41, 5.74) is 1.69. The fourth-order valence-corrected chi connectivity index (χ4v) is 5.58. The predicted molar refractivity (Wildman–Crippen MR) is 127 cm³/mol. The van der Waals surface area contributed by atoms with E-state index < -0.39 is 10.0 Å². The van der Waals surface area contributed by atoms with Gasteiger partial charge in [-0.3, -0.25) is 19.4 Å². The number of nitrogens with one attached hydrogen (secondary N) is 2. The molecule has 1 fully saturated rings. The SMILES string of the molecule is COc1ccc([C@H](CNC(=O)CCN=C2NS(=O)(=O)c3ccccc32)N2CCCCC2)cc1. The Hall–Kier alpha value is -2.91. The first-order chi connectivity index (χ1) is 16.0. The van der Waals surface area contributed by atoms with Gasteiger partial charge in [0.05, 0.1) is 24.6 Å². The van der Waals surface area contributed by atoms with E-state index in [-0.39, 0.29) is 29.8 Å². The molecule has 1 saturated heterocycles. The molecule has 33 heavy (non-hydrogen) atoms. The number of hydrogen-bond acceptors (Lipinski definition) is 6. The summed E-state index contributed by atoms with van der Waals surface area (Å²) in [7, 11) is -1.92. The Balaban J connectivity index is 1.36. The maximum atomic E-state index is 12.6. The zero-order valence-electron chi connectivity index (χ0n) is 18.8. The molecule has 176 valence electrons. The van der Waals surface area contributed by atoms with E-state index in [0.717, 1.165) is 37.2 Å². The van der Waals surface area contributed by atoms with Crippen molar-refractivity contribution in [3.05, 3.63) is 59.7 Å². The number of sulfonamides is 1. The summed E-state index contributed by atoms with van der Waals surface area (Å²) in [6.45, 7) is 2.74. The van der Waals surface area contributed by atoms with Crippen LogP contribution < -0.4 is 14.8 Å². The quantitative estimate of drug-likeness (QED) is 0.617. The lowest BCUT2D eigenvalue weighted by molar-refractivity contribution is -0.121. The number of ether oxygens (including phenoxy) is 1. The number of aliphatic imine (C=N–C) groups is 1. The third-order valence-corrected chi connectivity index (χ3v) is 7.49. The molecule has 8 nitrogen and oxygen atoms in total. The molecule has 1 atom stereocenters. The van der Waals surface area contributed by atoms with Crippen molar-refractivity contribution < 1.29 is 17.9 Å². The third kappa shape index (κ3) is 5.54. The van der Waals surface area contributed by atoms with Gasteiger partial charge >= 0.3 is 0 Å². The van der Waals surface area contributed by atoms with Crippen molar-refractivity contribution in [2.75, 3.05) is 33.3 Å². The number of rotatable bonds is 8. The van der Waals surface area contributed by atoms with E-state index in [9.17, 15) is 13.2 Å². The second-order valence-electron chi connectivity index (χ2n) is 8.27. The maximum Gasteiger partial charge on any atom is 0.263 e. The second kappa shape index (κ2) is 10.4. The largest absolute Gasteiger partial charge is 0.497 e. The number of fused-ring (bicyclic) bond motifs is 1. The monoisotopic (exact) mass is 470 g/mol. The zero-order valence-corrected chi connectivity index (χ0v) is 19.6. The second-order valence-corrected chi connectivity index (χ2v) is 9.92. The Labute approximate surface area is 195 Å². The van der Waals surface area contributed by atoms with Gasteiger partial charge in [-0.1, -0.05) is 30.7 Å². The van der Waals surface area contributed by atoms with Crippen LogP contribution in [0, 0.1) is 0 Å². The molecule has 1 amide bonds. The van der Waals surface area contributed by atoms with Gasteiger partial charge in [0.2, 0.25) is 5.91 Å². The average Bonchev–Trinajstić information content (AvgIpc) is 3.10. The lowest BCUT2D eigenvalue weighted by Gasteiger charge is -2.35. The molecule has 4 rings (SSSR count). The summed E-state index contributed by atoms with van der Waals surface area (Å²) >= 11 is 0. The van der Waals surface area contributed by atoms with Gasteiger partial charge in [0.1, 0.15) is 11.6 Å². The molecule has 2 aliphatic heterocycles. The highest BCUT2D eigenvalue weighted by molar-refractivity contribution is 7.90. The van der Waals surface area contributed by atoms with Crippen LogP contribution in [0.5, 0.6) is 5.75 Å². The van der Waals surface area contributed by atoms with E-state index in [2.05, 4.69) is 32.1 Å². The lowest BCUT2D eigenvalue weighted by Crippen LogP contribution is -2.40. The first kappa shape index (κ1) is 23.3. The van der Waals surface area contributed by atoms with Crippen LogP contribution in [-0.4, -0.2) is 58.3 Å². The predicted octanol–water partition coefficient (Wildman–Crippen LogP) is 2.47. The number of amides is 1. The number of nitrogens with zero attached hydrogens (tertiary/aromatic N) is 2. The Morgan fingerprint density at radius 1 is 1.12 bits per heavy atom. The lowest BCUT2D eigenvalue weighted by atomic mass is 10.0. The minimum absolute atomic E-state index is 0.0972. The van der Waals surface area contributed by atoms with Crippen molar-refractivity contribution >= 4 is 21.8 Å². The van der Waals surface area contributed by atoms with Gasteiger partial charge in [-0.05, 0) is 55.8 Å². The highest BCUT2D eigenvalue weighted by Crippen LogP contribution is 2.26. The van der Waals surface area contributed by atoms with Crippen LogP contribution in [0.2, 0.25) is 0 Å². The van der Waals surface area contributed by atoms with Crippen molar-refractivity contribution in [2.24, 2.45) is 4.99 Å². The molecule has 0 unspecified atom stereocenters. The van der Waals surface area contributed by atoms with Crippen molar-refractivity contribution in [3.8, 4) is 5.75 Å². The molecule has 9 heteroatoms. The smallest absolute Gasteiger partial charge is 0.263 e. The van der Waals surface area contributed by atoms with E-state index in [1.54, 1.807) is 31.4 Å². The number of methoxy groups -OCH3 is 1. The molecule has 0 bridgehead atoms. The number of amidine groups is 1. The molecule has 2 aromatic rings. The van der Waals surface area contributed by atoms with Gasteiger partial charge in [-0.2, -0.15) is 0 Å². The average molecular weight is 471 g/mol. The minimum Gasteiger partial charge on any atom is -0.497 e. The number of hydrogen-bond donors (Lipinski definition) is 2. The zero-order chi connectivity index (χ0) is 23.3. The van der Waals surface area contributed by atoms with E-state index in [0.29, 0.717) is 17.9 Å². The topological polar surface area (TPSA) is 100 Å². The molecule has 2 aromatic carbocycles. The van der Waals surface area contributed by atoms with Crippen LogP contribution in [-0.2, 0) is 14.8 Å². The summed E-state index contributed by atoms with van der Waals surface area (Å²) in [4.78, 5) is 19.5. The van der Waals surface area contributed by atoms with Gasteiger partial charge in [0, 0.05) is 18.5 Å². The fraction of sp³-hybridized carbons (Fsp3) is 0.417. The minimum atomic E-state index is -3.57. The van der Waals surface area contributed by atoms with E-state index in [1.807, 2.05) is 12.1 Å². The normalized spacial score (nSPS) is 19.5. The summed E-state index contributed by atoms with van der Waals surface area (Å²) in [5.74, 6) is 0.996. The summed E-state index contributed by atoms with van der Waals surface area (Å²) < 4.78 is 32.1. The molecule has 2 N–H and O–H groups in total. The van der Waals surface area contributed by atoms with Crippen molar-refractivity contribution in [3.63, 3.8) is 0 Å². The molecule has 2 aliphatic rings. The van der Waals surface area contributed by atoms with Crippen molar-refractivity contribution in [2.45, 2.75) is 36.6 Å². The maximum absolute atomic E-state index is 12.6. The Morgan fingerprint density at radius 2 is 1.85 bits per heavy atom. The van der Waals surface area contributed by atoms with Gasteiger partial charge in [-0.25, -0.2) is 8.42 Å². The number of carbonyl (C=O) groups excluding carboxylic acids is 1. The van der Waals surface area contributed by atoms with E-state index >= 15 is 0 Å². The fourth-order valence-electron chi connectivity index (χ4n) is 4.33. The number of piperidine rings is 1. The summed E-state index contributed by atoms with van der Waals surface area (Å²) in [6, 6.07) is 14.8. The first-order valence-electron chi connectivity index (χ1n) is 11.3. The molecule has 0 radical (unpaired) electrons. The summed E-state index contributed by atoms with van der Waals surface area (Å²) in [5, 5.41) is 3.05. The van der Waals surface area contributed by atoms with Crippen LogP contribution in [0.15, 0.2) is 58.4 Å². The highest BCUT2D eigenvalue weighted by atomic mass is 32.2. The van der Waals surface area contributed by atoms with Crippen LogP contribution in [0.1, 0.15) is 42.9 Å². The van der Waals surface area contributed by atoms with Crippen LogP contribution in [0.3, 0.4) is 0 Å². The third-order valence-electron chi connectivity index (χ3n) is 6.10. The number of carbonyl (C=O) groups is 1. The van der Waals surface area contributed by atoms with Crippen LogP contribution >= 0.6 is 0 Å². The molecule has 0 aliphatic carbocycles. The Morgan fingerprint density at radius 3 is 2.58 bits per heavy atom. The molecule has 0 saturated carbocycles. The highest BCUT2D eigenvalue weighted by Gasteiger charge is 2.30. The molecule has 0 spiro atoms. The van der Waals surface area contributed by atoms with Crippen LogP contribution in [0.25, 0.3) is 0 Å². The van der Waals surface area contributed by atoms with Crippen molar-refractivity contribution in [1.82, 2.24) is 14.9 Å².